The zero-order valence-electron chi connectivity index (χ0n) is 15.2. The first-order chi connectivity index (χ1) is 12.2. The molecule has 1 saturated heterocycles. The Kier molecular flexibility index (Phi) is 7.58. The molecular formula is C18H26ClF3N2O2. The number of rotatable bonds is 8. The van der Waals surface area contributed by atoms with Gasteiger partial charge in [0.15, 0.2) is 0 Å². The summed E-state index contributed by atoms with van der Waals surface area (Å²) in [7, 11) is 0. The summed E-state index contributed by atoms with van der Waals surface area (Å²) in [6, 6.07) is 5.29. The Hall–Kier alpha value is -1.02. The summed E-state index contributed by atoms with van der Waals surface area (Å²) in [4.78, 5) is 2.26. The van der Waals surface area contributed by atoms with E-state index >= 15 is 0 Å². The summed E-state index contributed by atoms with van der Waals surface area (Å²) in [6.07, 6.45) is -4.24. The number of ether oxygens (including phenoxy) is 2. The topological polar surface area (TPSA) is 33.7 Å². The van der Waals surface area contributed by atoms with Crippen molar-refractivity contribution >= 4 is 11.6 Å². The first-order valence-corrected chi connectivity index (χ1v) is 9.05. The van der Waals surface area contributed by atoms with Crippen LogP contribution in [0.2, 0.25) is 5.02 Å². The zero-order chi connectivity index (χ0) is 19.2. The number of hydrogen-bond donors (Lipinski definition) is 1. The van der Waals surface area contributed by atoms with E-state index in [9.17, 15) is 13.2 Å². The Labute approximate surface area is 157 Å². The summed E-state index contributed by atoms with van der Waals surface area (Å²) in [5, 5.41) is 3.30. The number of hydrogen-bond acceptors (Lipinski definition) is 4. The number of morpholine rings is 1. The Morgan fingerprint density at radius 3 is 2.54 bits per heavy atom. The van der Waals surface area contributed by atoms with Crippen LogP contribution in [0.15, 0.2) is 18.2 Å². The van der Waals surface area contributed by atoms with E-state index in [0.29, 0.717) is 23.9 Å². The Bertz CT molecular complexity index is 576. The van der Waals surface area contributed by atoms with Gasteiger partial charge in [0, 0.05) is 32.7 Å². The third kappa shape index (κ3) is 6.30. The van der Waals surface area contributed by atoms with Crippen LogP contribution in [0.4, 0.5) is 13.2 Å². The fourth-order valence-corrected chi connectivity index (χ4v) is 2.76. The highest BCUT2D eigenvalue weighted by Crippen LogP contribution is 2.36. The molecule has 1 aromatic rings. The van der Waals surface area contributed by atoms with Crippen LogP contribution in [0.25, 0.3) is 0 Å². The third-order valence-electron chi connectivity index (χ3n) is 4.43. The summed E-state index contributed by atoms with van der Waals surface area (Å²) >= 11 is 6.23. The smallest absolute Gasteiger partial charge is 0.395 e. The van der Waals surface area contributed by atoms with Gasteiger partial charge in [0.1, 0.15) is 12.4 Å². The summed E-state index contributed by atoms with van der Waals surface area (Å²) in [6.45, 7) is 7.12. The van der Waals surface area contributed by atoms with Gasteiger partial charge < -0.3 is 14.8 Å². The molecule has 0 spiro atoms. The average molecular weight is 395 g/mol. The lowest BCUT2D eigenvalue weighted by molar-refractivity contribution is -0.209. The van der Waals surface area contributed by atoms with Gasteiger partial charge in [0.25, 0.3) is 0 Å². The van der Waals surface area contributed by atoms with Gasteiger partial charge in [-0.3, -0.25) is 4.90 Å². The van der Waals surface area contributed by atoms with Gasteiger partial charge in [-0.15, -0.1) is 0 Å². The standard InChI is InChI=1S/C18H26ClF3N2O2/c1-17(2,18(20,21)22)13-23-12-14-3-4-16(15(19)11-14)26-10-7-24-5-8-25-9-6-24/h3-4,11,23H,5-10,12-13H2,1-2H3. The van der Waals surface area contributed by atoms with Crippen molar-refractivity contribution in [1.82, 2.24) is 10.2 Å². The van der Waals surface area contributed by atoms with Crippen LogP contribution in [0.5, 0.6) is 5.75 Å². The summed E-state index contributed by atoms with van der Waals surface area (Å²) < 4.78 is 49.5. The second-order valence-corrected chi connectivity index (χ2v) is 7.46. The van der Waals surface area contributed by atoms with Crippen LogP contribution in [0, 0.1) is 5.41 Å². The van der Waals surface area contributed by atoms with E-state index in [2.05, 4.69) is 10.2 Å². The van der Waals surface area contributed by atoms with Crippen LogP contribution < -0.4 is 10.1 Å². The monoisotopic (exact) mass is 394 g/mol. The van der Waals surface area contributed by atoms with E-state index in [-0.39, 0.29) is 6.54 Å². The van der Waals surface area contributed by atoms with E-state index in [1.807, 2.05) is 6.07 Å². The molecule has 0 saturated carbocycles. The first-order valence-electron chi connectivity index (χ1n) is 8.68. The number of nitrogens with zero attached hydrogens (tertiary/aromatic N) is 1. The van der Waals surface area contributed by atoms with Crippen LogP contribution in [0.3, 0.4) is 0 Å². The molecule has 0 unspecified atom stereocenters. The maximum Gasteiger partial charge on any atom is 0.395 e. The predicted octanol–water partition coefficient (Wildman–Crippen LogP) is 3.73. The molecule has 26 heavy (non-hydrogen) atoms. The molecule has 4 nitrogen and oxygen atoms in total. The molecule has 0 amide bonds. The lowest BCUT2D eigenvalue weighted by atomic mass is 9.93. The molecule has 1 fully saturated rings. The van der Waals surface area contributed by atoms with E-state index in [1.165, 1.54) is 13.8 Å². The quantitative estimate of drug-likeness (QED) is 0.728. The Morgan fingerprint density at radius 1 is 1.23 bits per heavy atom. The van der Waals surface area contributed by atoms with Crippen molar-refractivity contribution in [3.05, 3.63) is 28.8 Å². The van der Waals surface area contributed by atoms with Crippen molar-refractivity contribution in [2.24, 2.45) is 5.41 Å². The molecule has 1 aromatic carbocycles. The second kappa shape index (κ2) is 9.26. The number of halogens is 4. The molecule has 0 aliphatic carbocycles. The van der Waals surface area contributed by atoms with Crippen LogP contribution in [-0.4, -0.2) is 57.1 Å². The van der Waals surface area contributed by atoms with E-state index in [1.54, 1.807) is 12.1 Å². The fourth-order valence-electron chi connectivity index (χ4n) is 2.50. The van der Waals surface area contributed by atoms with Gasteiger partial charge >= 0.3 is 6.18 Å². The van der Waals surface area contributed by atoms with Crippen molar-refractivity contribution in [2.75, 3.05) is 46.0 Å². The van der Waals surface area contributed by atoms with Crippen LogP contribution in [0.1, 0.15) is 19.4 Å². The van der Waals surface area contributed by atoms with Gasteiger partial charge in [0.2, 0.25) is 0 Å². The highest BCUT2D eigenvalue weighted by molar-refractivity contribution is 6.32. The third-order valence-corrected chi connectivity index (χ3v) is 4.72. The number of benzene rings is 1. The van der Waals surface area contributed by atoms with Gasteiger partial charge in [0.05, 0.1) is 23.7 Å². The number of nitrogens with one attached hydrogen (secondary N) is 1. The van der Waals surface area contributed by atoms with Crippen molar-refractivity contribution in [2.45, 2.75) is 26.6 Å². The van der Waals surface area contributed by atoms with Gasteiger partial charge in [-0.25, -0.2) is 0 Å². The van der Waals surface area contributed by atoms with Crippen LogP contribution in [-0.2, 0) is 11.3 Å². The van der Waals surface area contributed by atoms with Gasteiger partial charge in [-0.05, 0) is 31.5 Å². The van der Waals surface area contributed by atoms with E-state index < -0.39 is 11.6 Å². The Balaban J connectivity index is 1.77. The lowest BCUT2D eigenvalue weighted by Crippen LogP contribution is -2.41. The molecule has 0 radical (unpaired) electrons. The number of alkyl halides is 3. The first kappa shape index (κ1) is 21.3. The minimum absolute atomic E-state index is 0.161. The van der Waals surface area contributed by atoms with Crippen molar-refractivity contribution in [3.63, 3.8) is 0 Å². The molecule has 0 aromatic heterocycles. The largest absolute Gasteiger partial charge is 0.491 e. The zero-order valence-corrected chi connectivity index (χ0v) is 15.9. The van der Waals surface area contributed by atoms with Crippen molar-refractivity contribution in [1.29, 1.82) is 0 Å². The predicted molar refractivity (Wildman–Crippen MR) is 95.7 cm³/mol. The second-order valence-electron chi connectivity index (χ2n) is 7.05. The van der Waals surface area contributed by atoms with Crippen LogP contribution >= 0.6 is 11.6 Å². The van der Waals surface area contributed by atoms with E-state index in [0.717, 1.165) is 38.4 Å². The molecule has 1 aliphatic rings. The minimum atomic E-state index is -4.24. The average Bonchev–Trinajstić information content (AvgIpc) is 2.56. The molecule has 2 rings (SSSR count). The highest BCUT2D eigenvalue weighted by Gasteiger charge is 2.46. The molecule has 1 heterocycles. The summed E-state index contributed by atoms with van der Waals surface area (Å²) in [5.41, 5.74) is -0.965. The maximum atomic E-state index is 12.8. The maximum absolute atomic E-state index is 12.8. The molecule has 8 heteroatoms. The Morgan fingerprint density at radius 2 is 1.92 bits per heavy atom. The molecule has 0 bridgehead atoms. The van der Waals surface area contributed by atoms with Crippen molar-refractivity contribution in [3.8, 4) is 5.75 Å². The fraction of sp³-hybridized carbons (Fsp3) is 0.667. The lowest BCUT2D eigenvalue weighted by Gasteiger charge is -2.28. The summed E-state index contributed by atoms with van der Waals surface area (Å²) in [5.74, 6) is 0.583. The molecule has 148 valence electrons. The van der Waals surface area contributed by atoms with Crippen molar-refractivity contribution < 1.29 is 22.6 Å². The SMILES string of the molecule is CC(C)(CNCc1ccc(OCCN2CCOCC2)c(Cl)c1)C(F)(F)F. The highest BCUT2D eigenvalue weighted by atomic mass is 35.5. The normalized spacial score (nSPS) is 16.7. The molecule has 1 aliphatic heterocycles. The molecule has 1 N–H and O–H groups in total. The van der Waals surface area contributed by atoms with Gasteiger partial charge in [-0.2, -0.15) is 13.2 Å². The van der Waals surface area contributed by atoms with E-state index in [4.69, 9.17) is 21.1 Å². The van der Waals surface area contributed by atoms with Gasteiger partial charge in [-0.1, -0.05) is 17.7 Å². The molecule has 0 atom stereocenters. The minimum Gasteiger partial charge on any atom is -0.491 e. The molecular weight excluding hydrogens is 369 g/mol.